The highest BCUT2D eigenvalue weighted by Gasteiger charge is 2.40. The van der Waals surface area contributed by atoms with Crippen LogP contribution in [0.2, 0.25) is 0 Å². The fraction of sp³-hybridized carbons (Fsp3) is 1.00. The van der Waals surface area contributed by atoms with Crippen molar-refractivity contribution >= 4 is 0 Å². The number of hydrogen-bond acceptors (Lipinski definition) is 1. The van der Waals surface area contributed by atoms with Gasteiger partial charge in [0.15, 0.2) is 0 Å². The SMILES string of the molecule is CCC1CCC(NCC(F)(F)C(F)F)CC1. The van der Waals surface area contributed by atoms with Crippen LogP contribution in [0.1, 0.15) is 39.0 Å². The van der Waals surface area contributed by atoms with E-state index in [-0.39, 0.29) is 6.04 Å². The quantitative estimate of drug-likeness (QED) is 0.727. The monoisotopic (exact) mass is 241 g/mol. The van der Waals surface area contributed by atoms with Gasteiger partial charge in [-0.15, -0.1) is 0 Å². The lowest BCUT2D eigenvalue weighted by atomic mass is 9.84. The summed E-state index contributed by atoms with van der Waals surface area (Å²) in [6.07, 6.45) is 1.19. The lowest BCUT2D eigenvalue weighted by molar-refractivity contribution is -0.126. The maximum absolute atomic E-state index is 12.6. The summed E-state index contributed by atoms with van der Waals surface area (Å²) < 4.78 is 49.1. The maximum atomic E-state index is 12.6. The van der Waals surface area contributed by atoms with Crippen molar-refractivity contribution in [1.29, 1.82) is 0 Å². The van der Waals surface area contributed by atoms with Gasteiger partial charge >= 0.3 is 12.3 Å². The lowest BCUT2D eigenvalue weighted by Crippen LogP contribution is -2.44. The predicted octanol–water partition coefficient (Wildman–Crippen LogP) is 3.45. The molecule has 5 heteroatoms. The second-order valence-electron chi connectivity index (χ2n) is 4.57. The third-order valence-corrected chi connectivity index (χ3v) is 3.37. The minimum Gasteiger partial charge on any atom is -0.308 e. The van der Waals surface area contributed by atoms with Crippen LogP contribution in [0.5, 0.6) is 0 Å². The zero-order valence-electron chi connectivity index (χ0n) is 9.49. The zero-order chi connectivity index (χ0) is 12.2. The number of alkyl halides is 4. The molecule has 1 fully saturated rings. The van der Waals surface area contributed by atoms with Crippen LogP contribution in [0.15, 0.2) is 0 Å². The van der Waals surface area contributed by atoms with E-state index >= 15 is 0 Å². The van der Waals surface area contributed by atoms with Gasteiger partial charge in [0.25, 0.3) is 0 Å². The summed E-state index contributed by atoms with van der Waals surface area (Å²) in [5.74, 6) is -3.23. The van der Waals surface area contributed by atoms with Crippen molar-refractivity contribution in [1.82, 2.24) is 5.32 Å². The Morgan fingerprint density at radius 1 is 1.19 bits per heavy atom. The molecule has 16 heavy (non-hydrogen) atoms. The van der Waals surface area contributed by atoms with E-state index in [0.29, 0.717) is 5.92 Å². The Balaban J connectivity index is 2.24. The van der Waals surface area contributed by atoms with E-state index in [2.05, 4.69) is 12.2 Å². The molecule has 1 nitrogen and oxygen atoms in total. The largest absolute Gasteiger partial charge is 0.319 e. The van der Waals surface area contributed by atoms with Gasteiger partial charge in [-0.25, -0.2) is 8.78 Å². The van der Waals surface area contributed by atoms with Crippen molar-refractivity contribution in [3.05, 3.63) is 0 Å². The van der Waals surface area contributed by atoms with Crippen molar-refractivity contribution in [2.45, 2.75) is 57.4 Å². The van der Waals surface area contributed by atoms with Gasteiger partial charge in [-0.3, -0.25) is 0 Å². The summed E-state index contributed by atoms with van der Waals surface area (Å²) in [6.45, 7) is 1.20. The summed E-state index contributed by atoms with van der Waals surface area (Å²) in [6, 6.07) is -0.0209. The van der Waals surface area contributed by atoms with Crippen LogP contribution in [0.25, 0.3) is 0 Å². The molecule has 0 amide bonds. The Hall–Kier alpha value is -0.320. The molecule has 0 saturated heterocycles. The average Bonchev–Trinajstić information content (AvgIpc) is 2.27. The van der Waals surface area contributed by atoms with E-state index in [1.54, 1.807) is 0 Å². The summed E-state index contributed by atoms with van der Waals surface area (Å²) in [4.78, 5) is 0. The highest BCUT2D eigenvalue weighted by atomic mass is 19.3. The number of halogens is 4. The van der Waals surface area contributed by atoms with Crippen LogP contribution in [0.4, 0.5) is 17.6 Å². The van der Waals surface area contributed by atoms with Gasteiger partial charge in [0, 0.05) is 6.04 Å². The van der Waals surface area contributed by atoms with E-state index in [1.165, 1.54) is 0 Å². The molecule has 0 aromatic rings. The van der Waals surface area contributed by atoms with E-state index in [0.717, 1.165) is 32.1 Å². The Morgan fingerprint density at radius 3 is 2.19 bits per heavy atom. The fourth-order valence-electron chi connectivity index (χ4n) is 2.13. The minimum absolute atomic E-state index is 0.0209. The second kappa shape index (κ2) is 5.84. The number of hydrogen-bond donors (Lipinski definition) is 1. The van der Waals surface area contributed by atoms with Crippen LogP contribution >= 0.6 is 0 Å². The first kappa shape index (κ1) is 13.7. The van der Waals surface area contributed by atoms with Gasteiger partial charge in [-0.2, -0.15) is 8.78 Å². The molecule has 0 aromatic heterocycles. The first-order chi connectivity index (χ1) is 7.45. The molecule has 1 saturated carbocycles. The van der Waals surface area contributed by atoms with E-state index < -0.39 is 18.9 Å². The standard InChI is InChI=1S/C11H19F4N/c1-2-8-3-5-9(6-4-8)16-7-11(14,15)10(12)13/h8-10,16H,2-7H2,1H3. The first-order valence-corrected chi connectivity index (χ1v) is 5.85. The molecule has 0 aromatic carbocycles. The molecular formula is C11H19F4N. The highest BCUT2D eigenvalue weighted by molar-refractivity contribution is 4.80. The third kappa shape index (κ3) is 3.92. The van der Waals surface area contributed by atoms with Gasteiger partial charge in [0.05, 0.1) is 6.54 Å². The van der Waals surface area contributed by atoms with Crippen LogP contribution in [-0.4, -0.2) is 24.9 Å². The van der Waals surface area contributed by atoms with Crippen LogP contribution in [0, 0.1) is 5.92 Å². The molecule has 1 N–H and O–H groups in total. The summed E-state index contributed by atoms with van der Waals surface area (Å²) in [7, 11) is 0. The number of nitrogens with one attached hydrogen (secondary N) is 1. The molecule has 0 bridgehead atoms. The van der Waals surface area contributed by atoms with E-state index in [1.807, 2.05) is 0 Å². The van der Waals surface area contributed by atoms with E-state index in [9.17, 15) is 17.6 Å². The Kier molecular flexibility index (Phi) is 5.02. The van der Waals surface area contributed by atoms with Gasteiger partial charge in [-0.1, -0.05) is 13.3 Å². The molecule has 1 aliphatic rings. The topological polar surface area (TPSA) is 12.0 Å². The highest BCUT2D eigenvalue weighted by Crippen LogP contribution is 2.27. The number of rotatable bonds is 5. The Bertz CT molecular complexity index is 200. The van der Waals surface area contributed by atoms with Crippen molar-refractivity contribution in [3.63, 3.8) is 0 Å². The lowest BCUT2D eigenvalue weighted by Gasteiger charge is -2.29. The Labute approximate surface area is 93.6 Å². The van der Waals surface area contributed by atoms with Gasteiger partial charge in [0.1, 0.15) is 0 Å². The molecule has 0 unspecified atom stereocenters. The second-order valence-corrected chi connectivity index (χ2v) is 4.57. The molecule has 1 rings (SSSR count). The van der Waals surface area contributed by atoms with Crippen molar-refractivity contribution in [3.8, 4) is 0 Å². The van der Waals surface area contributed by atoms with Crippen molar-refractivity contribution in [2.75, 3.05) is 6.54 Å². The van der Waals surface area contributed by atoms with Crippen molar-refractivity contribution < 1.29 is 17.6 Å². The van der Waals surface area contributed by atoms with Gasteiger partial charge in [-0.05, 0) is 31.6 Å². The zero-order valence-corrected chi connectivity index (χ0v) is 9.49. The molecule has 1 aliphatic carbocycles. The van der Waals surface area contributed by atoms with Crippen LogP contribution < -0.4 is 5.32 Å². The van der Waals surface area contributed by atoms with Crippen LogP contribution in [0.3, 0.4) is 0 Å². The molecule has 96 valence electrons. The molecule has 0 aliphatic heterocycles. The van der Waals surface area contributed by atoms with E-state index in [4.69, 9.17) is 0 Å². The molecule has 0 heterocycles. The fourth-order valence-corrected chi connectivity index (χ4v) is 2.13. The first-order valence-electron chi connectivity index (χ1n) is 5.85. The summed E-state index contributed by atoms with van der Waals surface area (Å²) in [5.41, 5.74) is 0. The molecule has 0 radical (unpaired) electrons. The van der Waals surface area contributed by atoms with Gasteiger partial charge < -0.3 is 5.32 Å². The normalized spacial score (nSPS) is 27.4. The Morgan fingerprint density at radius 2 is 1.75 bits per heavy atom. The molecule has 0 atom stereocenters. The summed E-state index contributed by atoms with van der Waals surface area (Å²) >= 11 is 0. The van der Waals surface area contributed by atoms with Crippen LogP contribution in [-0.2, 0) is 0 Å². The minimum atomic E-state index is -3.90. The van der Waals surface area contributed by atoms with Crippen molar-refractivity contribution in [2.24, 2.45) is 5.92 Å². The molecule has 0 spiro atoms. The summed E-state index contributed by atoms with van der Waals surface area (Å²) in [5, 5.41) is 2.56. The smallest absolute Gasteiger partial charge is 0.308 e. The average molecular weight is 241 g/mol. The predicted molar refractivity (Wildman–Crippen MR) is 55.0 cm³/mol. The van der Waals surface area contributed by atoms with Gasteiger partial charge in [0.2, 0.25) is 0 Å². The molecular weight excluding hydrogens is 222 g/mol. The maximum Gasteiger partial charge on any atom is 0.319 e. The third-order valence-electron chi connectivity index (χ3n) is 3.37.